The minimum atomic E-state index is 0.172. The number of ether oxygens (including phenoxy) is 1. The van der Waals surface area contributed by atoms with Gasteiger partial charge in [0, 0.05) is 42.8 Å². The van der Waals surface area contributed by atoms with E-state index in [4.69, 9.17) is 10.5 Å². The van der Waals surface area contributed by atoms with Gasteiger partial charge in [0.15, 0.2) is 0 Å². The first-order valence-electron chi connectivity index (χ1n) is 6.25. The molecule has 3 N–H and O–H groups in total. The highest BCUT2D eigenvalue weighted by molar-refractivity contribution is 8.00. The van der Waals surface area contributed by atoms with Crippen molar-refractivity contribution in [3.8, 4) is 5.75 Å². The van der Waals surface area contributed by atoms with Crippen LogP contribution in [0.25, 0.3) is 0 Å². The molecule has 0 aliphatic carbocycles. The van der Waals surface area contributed by atoms with Gasteiger partial charge in [-0.2, -0.15) is 0 Å². The minimum Gasteiger partial charge on any atom is -0.496 e. The first-order valence-corrected chi connectivity index (χ1v) is 7.24. The summed E-state index contributed by atoms with van der Waals surface area (Å²) < 4.78 is 5.27. The predicted octanol–water partition coefficient (Wildman–Crippen LogP) is 0.801. The number of nitrogens with zero attached hydrogens (tertiary/aromatic N) is 1. The number of nitrogen functional groups attached to an aromatic ring is 1. The van der Waals surface area contributed by atoms with Crippen molar-refractivity contribution in [2.75, 3.05) is 44.8 Å². The topological polar surface area (TPSA) is 67.6 Å². The molecule has 6 heteroatoms. The number of hydrogen-bond donors (Lipinski definition) is 2. The molecule has 0 spiro atoms. The number of methoxy groups -OCH3 is 1. The minimum absolute atomic E-state index is 0.172. The molecule has 0 atom stereocenters. The van der Waals surface area contributed by atoms with Crippen molar-refractivity contribution in [2.24, 2.45) is 0 Å². The summed E-state index contributed by atoms with van der Waals surface area (Å²) >= 11 is 1.49. The molecule has 1 aromatic rings. The van der Waals surface area contributed by atoms with Crippen molar-refractivity contribution in [2.45, 2.75) is 4.90 Å². The van der Waals surface area contributed by atoms with Gasteiger partial charge in [0.2, 0.25) is 5.91 Å². The summed E-state index contributed by atoms with van der Waals surface area (Å²) in [5.74, 6) is 1.32. The van der Waals surface area contributed by atoms with Gasteiger partial charge in [-0.1, -0.05) is 0 Å². The van der Waals surface area contributed by atoms with E-state index in [0.717, 1.165) is 36.8 Å². The first-order chi connectivity index (χ1) is 9.20. The van der Waals surface area contributed by atoms with E-state index in [9.17, 15) is 4.79 Å². The van der Waals surface area contributed by atoms with Crippen LogP contribution >= 0.6 is 11.8 Å². The lowest BCUT2D eigenvalue weighted by atomic mass is 10.3. The number of benzene rings is 1. The Morgan fingerprint density at radius 2 is 2.21 bits per heavy atom. The lowest BCUT2D eigenvalue weighted by Crippen LogP contribution is -2.47. The Morgan fingerprint density at radius 3 is 2.89 bits per heavy atom. The van der Waals surface area contributed by atoms with Gasteiger partial charge >= 0.3 is 0 Å². The number of nitrogens with one attached hydrogen (secondary N) is 1. The maximum Gasteiger partial charge on any atom is 0.233 e. The molecule has 1 fully saturated rings. The standard InChI is InChI=1S/C13H19N3O2S/c1-18-11-8-10(14)2-3-12(11)19-9-13(17)16-6-4-15-5-7-16/h2-3,8,15H,4-7,9,14H2,1H3. The van der Waals surface area contributed by atoms with E-state index in [0.29, 0.717) is 11.4 Å². The van der Waals surface area contributed by atoms with E-state index in [1.54, 1.807) is 13.2 Å². The number of carbonyl (C=O) groups is 1. The molecule has 5 nitrogen and oxygen atoms in total. The lowest BCUT2D eigenvalue weighted by molar-refractivity contribution is -0.128. The molecular formula is C13H19N3O2S. The zero-order valence-corrected chi connectivity index (χ0v) is 11.8. The summed E-state index contributed by atoms with van der Waals surface area (Å²) in [6, 6.07) is 5.49. The van der Waals surface area contributed by atoms with Crippen LogP contribution < -0.4 is 15.8 Å². The number of rotatable bonds is 4. The summed E-state index contributed by atoms with van der Waals surface area (Å²) in [6.07, 6.45) is 0. The van der Waals surface area contributed by atoms with Crippen molar-refractivity contribution in [1.29, 1.82) is 0 Å². The molecule has 1 saturated heterocycles. The van der Waals surface area contributed by atoms with Gasteiger partial charge in [-0.15, -0.1) is 11.8 Å². The van der Waals surface area contributed by atoms with Crippen molar-refractivity contribution in [3.05, 3.63) is 18.2 Å². The molecule has 104 valence electrons. The smallest absolute Gasteiger partial charge is 0.233 e. The van der Waals surface area contributed by atoms with Crippen LogP contribution in [0.2, 0.25) is 0 Å². The zero-order valence-electron chi connectivity index (χ0n) is 11.0. The second-order valence-electron chi connectivity index (χ2n) is 4.33. The van der Waals surface area contributed by atoms with Crippen molar-refractivity contribution < 1.29 is 9.53 Å². The number of thioether (sulfide) groups is 1. The molecule has 0 aromatic heterocycles. The number of anilines is 1. The van der Waals surface area contributed by atoms with Gasteiger partial charge in [0.05, 0.1) is 12.9 Å². The maximum absolute atomic E-state index is 12.0. The Kier molecular flexibility index (Phi) is 4.93. The van der Waals surface area contributed by atoms with Gasteiger partial charge in [0.25, 0.3) is 0 Å². The Morgan fingerprint density at radius 1 is 1.47 bits per heavy atom. The molecule has 0 bridgehead atoms. The summed E-state index contributed by atoms with van der Waals surface area (Å²) in [6.45, 7) is 3.33. The quantitative estimate of drug-likeness (QED) is 0.631. The first kappa shape index (κ1) is 14.0. The molecule has 1 amide bonds. The van der Waals surface area contributed by atoms with Gasteiger partial charge in [-0.3, -0.25) is 4.79 Å². The Bertz CT molecular complexity index is 448. The molecule has 1 aliphatic rings. The normalized spacial score (nSPS) is 15.3. The number of carbonyl (C=O) groups excluding carboxylic acids is 1. The maximum atomic E-state index is 12.0. The van der Waals surface area contributed by atoms with Crippen molar-refractivity contribution >= 4 is 23.4 Å². The van der Waals surface area contributed by atoms with E-state index in [-0.39, 0.29) is 5.91 Å². The molecule has 1 aromatic carbocycles. The van der Waals surface area contributed by atoms with Crippen LogP contribution in [0.3, 0.4) is 0 Å². The van der Waals surface area contributed by atoms with Crippen LogP contribution in [0.15, 0.2) is 23.1 Å². The fourth-order valence-corrected chi connectivity index (χ4v) is 2.86. The summed E-state index contributed by atoms with van der Waals surface area (Å²) in [5, 5.41) is 3.23. The monoisotopic (exact) mass is 281 g/mol. The van der Waals surface area contributed by atoms with Gasteiger partial charge in [-0.05, 0) is 12.1 Å². The molecule has 1 aliphatic heterocycles. The Hall–Kier alpha value is -1.40. The summed E-state index contributed by atoms with van der Waals surface area (Å²) in [4.78, 5) is 14.9. The molecule has 0 unspecified atom stereocenters. The van der Waals surface area contributed by atoms with Gasteiger partial charge < -0.3 is 20.7 Å². The molecule has 0 radical (unpaired) electrons. The highest BCUT2D eigenvalue weighted by atomic mass is 32.2. The van der Waals surface area contributed by atoms with E-state index in [1.165, 1.54) is 11.8 Å². The molecule has 1 heterocycles. The fraction of sp³-hybridized carbons (Fsp3) is 0.462. The zero-order chi connectivity index (χ0) is 13.7. The van der Waals surface area contributed by atoms with Crippen LogP contribution in [0.1, 0.15) is 0 Å². The van der Waals surface area contributed by atoms with Crippen LogP contribution in [0.5, 0.6) is 5.75 Å². The second-order valence-corrected chi connectivity index (χ2v) is 5.35. The van der Waals surface area contributed by atoms with E-state index in [2.05, 4.69) is 5.32 Å². The molecule has 0 saturated carbocycles. The lowest BCUT2D eigenvalue weighted by Gasteiger charge is -2.27. The van der Waals surface area contributed by atoms with Gasteiger partial charge in [-0.25, -0.2) is 0 Å². The highest BCUT2D eigenvalue weighted by Crippen LogP contribution is 2.31. The van der Waals surface area contributed by atoms with E-state index >= 15 is 0 Å². The number of nitrogens with two attached hydrogens (primary N) is 1. The Balaban J connectivity index is 1.92. The third-order valence-electron chi connectivity index (χ3n) is 3.01. The number of amides is 1. The highest BCUT2D eigenvalue weighted by Gasteiger charge is 2.16. The Labute approximate surface area is 117 Å². The van der Waals surface area contributed by atoms with E-state index in [1.807, 2.05) is 17.0 Å². The number of piperazine rings is 1. The third-order valence-corrected chi connectivity index (χ3v) is 4.05. The van der Waals surface area contributed by atoms with Crippen LogP contribution in [0, 0.1) is 0 Å². The fourth-order valence-electron chi connectivity index (χ4n) is 1.95. The second kappa shape index (κ2) is 6.68. The number of hydrogen-bond acceptors (Lipinski definition) is 5. The van der Waals surface area contributed by atoms with Crippen molar-refractivity contribution in [1.82, 2.24) is 10.2 Å². The molecule has 2 rings (SSSR count). The average Bonchev–Trinajstić information content (AvgIpc) is 2.46. The summed E-state index contributed by atoms with van der Waals surface area (Å²) in [7, 11) is 1.61. The average molecular weight is 281 g/mol. The largest absolute Gasteiger partial charge is 0.496 e. The predicted molar refractivity (Wildman–Crippen MR) is 77.6 cm³/mol. The third kappa shape index (κ3) is 3.78. The summed E-state index contributed by atoms with van der Waals surface area (Å²) in [5.41, 5.74) is 6.37. The molecular weight excluding hydrogens is 262 g/mol. The molecule has 19 heavy (non-hydrogen) atoms. The van der Waals surface area contributed by atoms with Crippen molar-refractivity contribution in [3.63, 3.8) is 0 Å². The van der Waals surface area contributed by atoms with Crippen LogP contribution in [-0.2, 0) is 4.79 Å². The van der Waals surface area contributed by atoms with Gasteiger partial charge in [0.1, 0.15) is 5.75 Å². The SMILES string of the molecule is COc1cc(N)ccc1SCC(=O)N1CCNCC1. The van der Waals surface area contributed by atoms with Crippen LogP contribution in [0.4, 0.5) is 5.69 Å². The van der Waals surface area contributed by atoms with Crippen LogP contribution in [-0.4, -0.2) is 49.8 Å². The van der Waals surface area contributed by atoms with E-state index < -0.39 is 0 Å².